The van der Waals surface area contributed by atoms with Gasteiger partial charge in [-0.2, -0.15) is 0 Å². The Kier molecular flexibility index (Phi) is 5.37. The van der Waals surface area contributed by atoms with Crippen LogP contribution in [0, 0.1) is 0 Å². The van der Waals surface area contributed by atoms with E-state index in [0.717, 1.165) is 25.2 Å². The lowest BCUT2D eigenvalue weighted by Crippen LogP contribution is -2.47. The largest absolute Gasteiger partial charge is 0.322 e. The van der Waals surface area contributed by atoms with Crippen LogP contribution in [0.25, 0.3) is 0 Å². The van der Waals surface area contributed by atoms with Crippen molar-refractivity contribution in [2.75, 3.05) is 19.6 Å². The molecule has 1 saturated heterocycles. The van der Waals surface area contributed by atoms with E-state index in [1.165, 1.54) is 0 Å². The summed E-state index contributed by atoms with van der Waals surface area (Å²) in [6.45, 7) is 11.5. The molecule has 0 radical (unpaired) electrons. The first-order valence-electron chi connectivity index (χ1n) is 7.94. The van der Waals surface area contributed by atoms with Crippen molar-refractivity contribution in [3.05, 3.63) is 35.9 Å². The molecule has 1 fully saturated rings. The SMILES string of the molecule is CCN(CC)CC(C)N1C(=O)C(c2ccccc2)NC1C. The number of nitrogens with zero attached hydrogens (tertiary/aromatic N) is 2. The molecule has 0 aliphatic carbocycles. The van der Waals surface area contributed by atoms with Gasteiger partial charge in [0.25, 0.3) is 0 Å². The summed E-state index contributed by atoms with van der Waals surface area (Å²) in [7, 11) is 0. The lowest BCUT2D eigenvalue weighted by Gasteiger charge is -2.32. The maximum atomic E-state index is 12.8. The van der Waals surface area contributed by atoms with Crippen LogP contribution in [0.5, 0.6) is 0 Å². The van der Waals surface area contributed by atoms with Gasteiger partial charge in [0, 0.05) is 12.6 Å². The zero-order valence-corrected chi connectivity index (χ0v) is 13.5. The van der Waals surface area contributed by atoms with Crippen molar-refractivity contribution in [3.8, 4) is 0 Å². The van der Waals surface area contributed by atoms with Crippen LogP contribution in [0.1, 0.15) is 39.3 Å². The Morgan fingerprint density at radius 1 is 1.24 bits per heavy atom. The number of amides is 1. The van der Waals surface area contributed by atoms with Gasteiger partial charge in [0.1, 0.15) is 6.04 Å². The van der Waals surface area contributed by atoms with Gasteiger partial charge >= 0.3 is 0 Å². The fraction of sp³-hybridized carbons (Fsp3) is 0.588. The van der Waals surface area contributed by atoms with E-state index in [1.54, 1.807) is 0 Å². The Labute approximate surface area is 128 Å². The van der Waals surface area contributed by atoms with Crippen molar-refractivity contribution in [3.63, 3.8) is 0 Å². The molecular formula is C17H27N3O. The molecule has 21 heavy (non-hydrogen) atoms. The third-order valence-electron chi connectivity index (χ3n) is 4.35. The molecule has 1 aromatic carbocycles. The summed E-state index contributed by atoms with van der Waals surface area (Å²) in [4.78, 5) is 17.1. The predicted octanol–water partition coefficient (Wildman–Crippen LogP) is 2.24. The third kappa shape index (κ3) is 3.44. The van der Waals surface area contributed by atoms with Crippen LogP contribution in [-0.4, -0.2) is 47.5 Å². The minimum Gasteiger partial charge on any atom is -0.322 e. The zero-order chi connectivity index (χ0) is 15.4. The van der Waals surface area contributed by atoms with Gasteiger partial charge < -0.3 is 9.80 Å². The summed E-state index contributed by atoms with van der Waals surface area (Å²) in [6, 6.07) is 9.98. The normalized spacial score (nSPS) is 23.9. The molecule has 0 bridgehead atoms. The Morgan fingerprint density at radius 3 is 2.43 bits per heavy atom. The van der Waals surface area contributed by atoms with Gasteiger partial charge in [0.2, 0.25) is 5.91 Å². The lowest BCUT2D eigenvalue weighted by atomic mass is 10.1. The van der Waals surface area contributed by atoms with Crippen molar-refractivity contribution in [1.82, 2.24) is 15.1 Å². The van der Waals surface area contributed by atoms with E-state index in [0.29, 0.717) is 0 Å². The average Bonchev–Trinajstić information content (AvgIpc) is 2.80. The highest BCUT2D eigenvalue weighted by Gasteiger charge is 2.39. The molecular weight excluding hydrogens is 262 g/mol. The van der Waals surface area contributed by atoms with E-state index >= 15 is 0 Å². The smallest absolute Gasteiger partial charge is 0.245 e. The Balaban J connectivity index is 2.09. The van der Waals surface area contributed by atoms with Gasteiger partial charge in [-0.25, -0.2) is 0 Å². The van der Waals surface area contributed by atoms with Gasteiger partial charge in [-0.3, -0.25) is 10.1 Å². The first kappa shape index (κ1) is 16.0. The molecule has 1 heterocycles. The highest BCUT2D eigenvalue weighted by molar-refractivity contribution is 5.85. The predicted molar refractivity (Wildman–Crippen MR) is 85.9 cm³/mol. The number of carbonyl (C=O) groups is 1. The maximum Gasteiger partial charge on any atom is 0.245 e. The second-order valence-electron chi connectivity index (χ2n) is 5.77. The van der Waals surface area contributed by atoms with E-state index in [9.17, 15) is 4.79 Å². The quantitative estimate of drug-likeness (QED) is 0.872. The number of likely N-dealkylation sites (N-methyl/N-ethyl adjacent to an activating group) is 1. The summed E-state index contributed by atoms with van der Waals surface area (Å²) in [5.41, 5.74) is 1.05. The van der Waals surface area contributed by atoms with Gasteiger partial charge in [0.15, 0.2) is 0 Å². The molecule has 2 rings (SSSR count). The average molecular weight is 289 g/mol. The Bertz CT molecular complexity index is 458. The molecule has 0 spiro atoms. The van der Waals surface area contributed by atoms with Crippen LogP contribution in [0.3, 0.4) is 0 Å². The molecule has 116 valence electrons. The number of carbonyl (C=O) groups excluding carboxylic acids is 1. The summed E-state index contributed by atoms with van der Waals surface area (Å²) in [5.74, 6) is 0.188. The second kappa shape index (κ2) is 7.05. The topological polar surface area (TPSA) is 35.6 Å². The van der Waals surface area contributed by atoms with Gasteiger partial charge in [-0.1, -0.05) is 44.2 Å². The highest BCUT2D eigenvalue weighted by atomic mass is 16.2. The molecule has 0 aromatic heterocycles. The minimum absolute atomic E-state index is 0.0771. The molecule has 1 aliphatic heterocycles. The standard InChI is InChI=1S/C17H27N3O/c1-5-19(6-2)12-13(3)20-14(4)18-16(17(20)21)15-10-8-7-9-11-15/h7-11,13-14,16,18H,5-6,12H2,1-4H3. The minimum atomic E-state index is -0.208. The summed E-state index contributed by atoms with van der Waals surface area (Å²) < 4.78 is 0. The number of hydrogen-bond donors (Lipinski definition) is 1. The second-order valence-corrected chi connectivity index (χ2v) is 5.77. The molecule has 1 aliphatic rings. The number of rotatable bonds is 6. The fourth-order valence-electron chi connectivity index (χ4n) is 3.16. The lowest BCUT2D eigenvalue weighted by molar-refractivity contribution is -0.132. The van der Waals surface area contributed by atoms with E-state index in [1.807, 2.05) is 35.2 Å². The van der Waals surface area contributed by atoms with Crippen molar-refractivity contribution < 1.29 is 4.79 Å². The van der Waals surface area contributed by atoms with Crippen molar-refractivity contribution in [2.45, 2.75) is 45.9 Å². The van der Waals surface area contributed by atoms with E-state index < -0.39 is 0 Å². The summed E-state index contributed by atoms with van der Waals surface area (Å²) in [5, 5.41) is 3.42. The van der Waals surface area contributed by atoms with Crippen LogP contribution < -0.4 is 5.32 Å². The van der Waals surface area contributed by atoms with Gasteiger partial charge in [0.05, 0.1) is 6.17 Å². The van der Waals surface area contributed by atoms with Crippen molar-refractivity contribution in [1.29, 1.82) is 0 Å². The zero-order valence-electron chi connectivity index (χ0n) is 13.5. The maximum absolute atomic E-state index is 12.8. The van der Waals surface area contributed by atoms with Gasteiger partial charge in [-0.05, 0) is 32.5 Å². The monoisotopic (exact) mass is 289 g/mol. The molecule has 4 nitrogen and oxygen atoms in total. The summed E-state index contributed by atoms with van der Waals surface area (Å²) in [6.07, 6.45) is 0.0771. The van der Waals surface area contributed by atoms with Crippen molar-refractivity contribution in [2.24, 2.45) is 0 Å². The molecule has 1 amide bonds. The Morgan fingerprint density at radius 2 is 1.86 bits per heavy atom. The highest BCUT2D eigenvalue weighted by Crippen LogP contribution is 2.25. The number of nitrogens with one attached hydrogen (secondary N) is 1. The first-order valence-corrected chi connectivity index (χ1v) is 7.94. The van der Waals surface area contributed by atoms with E-state index in [4.69, 9.17) is 0 Å². The molecule has 4 heteroatoms. The fourth-order valence-corrected chi connectivity index (χ4v) is 3.16. The molecule has 0 saturated carbocycles. The van der Waals surface area contributed by atoms with Gasteiger partial charge in [-0.15, -0.1) is 0 Å². The molecule has 3 atom stereocenters. The van der Waals surface area contributed by atoms with E-state index in [2.05, 4.69) is 37.9 Å². The number of benzene rings is 1. The van der Waals surface area contributed by atoms with E-state index in [-0.39, 0.29) is 24.2 Å². The van der Waals surface area contributed by atoms with Crippen LogP contribution in [-0.2, 0) is 4.79 Å². The van der Waals surface area contributed by atoms with Crippen molar-refractivity contribution >= 4 is 5.91 Å². The molecule has 3 unspecified atom stereocenters. The first-order chi connectivity index (χ1) is 10.1. The van der Waals surface area contributed by atoms with Crippen LogP contribution in [0.15, 0.2) is 30.3 Å². The van der Waals surface area contributed by atoms with Crippen LogP contribution >= 0.6 is 0 Å². The van der Waals surface area contributed by atoms with Crippen LogP contribution in [0.2, 0.25) is 0 Å². The van der Waals surface area contributed by atoms with Crippen LogP contribution in [0.4, 0.5) is 0 Å². The molecule has 1 aromatic rings. The summed E-state index contributed by atoms with van der Waals surface area (Å²) >= 11 is 0. The Hall–Kier alpha value is -1.39. The third-order valence-corrected chi connectivity index (χ3v) is 4.35. The number of hydrogen-bond acceptors (Lipinski definition) is 3. The molecule has 1 N–H and O–H groups in total.